The molecule has 0 spiro atoms. The number of aliphatic hydroxyl groups excluding tert-OH is 1. The van der Waals surface area contributed by atoms with Crippen molar-refractivity contribution in [3.05, 3.63) is 29.8 Å². The van der Waals surface area contributed by atoms with Crippen LogP contribution in [0.1, 0.15) is 18.4 Å². The van der Waals surface area contributed by atoms with Crippen molar-refractivity contribution >= 4 is 5.69 Å². The van der Waals surface area contributed by atoms with Gasteiger partial charge in [-0.3, -0.25) is 0 Å². The van der Waals surface area contributed by atoms with E-state index in [1.54, 1.807) is 0 Å². The molecule has 0 amide bonds. The number of nitrogens with zero attached hydrogens (tertiary/aromatic N) is 1. The van der Waals surface area contributed by atoms with Gasteiger partial charge in [-0.25, -0.2) is 0 Å². The van der Waals surface area contributed by atoms with Gasteiger partial charge in [0, 0.05) is 31.9 Å². The second-order valence-corrected chi connectivity index (χ2v) is 4.51. The van der Waals surface area contributed by atoms with Crippen molar-refractivity contribution < 1.29 is 5.11 Å². The zero-order valence-electron chi connectivity index (χ0n) is 9.60. The fourth-order valence-corrected chi connectivity index (χ4v) is 2.33. The van der Waals surface area contributed by atoms with Crippen LogP contribution >= 0.6 is 0 Å². The Hall–Kier alpha value is -1.06. The molecule has 2 rings (SSSR count). The number of hydrogen-bond donors (Lipinski definition) is 2. The maximum absolute atomic E-state index is 9.21. The van der Waals surface area contributed by atoms with Gasteiger partial charge in [0.1, 0.15) is 0 Å². The van der Waals surface area contributed by atoms with Crippen LogP contribution < -0.4 is 10.6 Å². The lowest BCUT2D eigenvalue weighted by atomic mass is 9.98. The lowest BCUT2D eigenvalue weighted by Gasteiger charge is -2.33. The molecule has 1 aliphatic heterocycles. The minimum Gasteiger partial charge on any atom is -0.396 e. The third-order valence-corrected chi connectivity index (χ3v) is 3.29. The average Bonchev–Trinajstić information content (AvgIpc) is 2.39. The second-order valence-electron chi connectivity index (χ2n) is 4.51. The predicted octanol–water partition coefficient (Wildman–Crippen LogP) is 1.35. The molecular weight excluding hydrogens is 200 g/mol. The van der Waals surface area contributed by atoms with Crippen LogP contribution in [0.5, 0.6) is 0 Å². The van der Waals surface area contributed by atoms with Gasteiger partial charge in [-0.15, -0.1) is 0 Å². The van der Waals surface area contributed by atoms with Crippen molar-refractivity contribution in [2.45, 2.75) is 19.4 Å². The van der Waals surface area contributed by atoms with Gasteiger partial charge in [0.2, 0.25) is 0 Å². The summed E-state index contributed by atoms with van der Waals surface area (Å²) in [7, 11) is 0. The van der Waals surface area contributed by atoms with E-state index < -0.39 is 0 Å². The number of aliphatic hydroxyl groups is 1. The molecule has 0 aliphatic carbocycles. The summed E-state index contributed by atoms with van der Waals surface area (Å²) in [6.07, 6.45) is 2.31. The molecule has 1 heterocycles. The van der Waals surface area contributed by atoms with Crippen LogP contribution in [-0.2, 0) is 6.54 Å². The quantitative estimate of drug-likeness (QED) is 0.808. The monoisotopic (exact) mass is 220 g/mol. The normalized spacial score (nSPS) is 21.1. The van der Waals surface area contributed by atoms with Crippen molar-refractivity contribution in [2.24, 2.45) is 11.7 Å². The first kappa shape index (κ1) is 11.4. The lowest BCUT2D eigenvalue weighted by Crippen LogP contribution is -2.36. The third-order valence-electron chi connectivity index (χ3n) is 3.29. The Balaban J connectivity index is 2.10. The molecule has 88 valence electrons. The Morgan fingerprint density at radius 1 is 1.44 bits per heavy atom. The van der Waals surface area contributed by atoms with Gasteiger partial charge in [0.05, 0.1) is 0 Å². The van der Waals surface area contributed by atoms with Gasteiger partial charge in [-0.1, -0.05) is 12.1 Å². The van der Waals surface area contributed by atoms with Crippen LogP contribution in [0.15, 0.2) is 24.3 Å². The van der Waals surface area contributed by atoms with E-state index in [-0.39, 0.29) is 0 Å². The van der Waals surface area contributed by atoms with Crippen molar-refractivity contribution in [3.63, 3.8) is 0 Å². The van der Waals surface area contributed by atoms with Crippen LogP contribution in [-0.4, -0.2) is 24.8 Å². The molecule has 16 heavy (non-hydrogen) atoms. The maximum atomic E-state index is 9.21. The maximum Gasteiger partial charge on any atom is 0.0476 e. The number of rotatable bonds is 3. The molecule has 1 aliphatic rings. The lowest BCUT2D eigenvalue weighted by molar-refractivity contribution is 0.208. The number of hydrogen-bond acceptors (Lipinski definition) is 3. The molecule has 1 saturated heterocycles. The number of nitrogens with two attached hydrogens (primary N) is 1. The molecule has 1 aromatic carbocycles. The molecule has 0 radical (unpaired) electrons. The molecule has 1 unspecified atom stereocenters. The zero-order chi connectivity index (χ0) is 11.4. The molecule has 0 saturated carbocycles. The highest BCUT2D eigenvalue weighted by atomic mass is 16.3. The summed E-state index contributed by atoms with van der Waals surface area (Å²) in [5, 5.41) is 9.21. The van der Waals surface area contributed by atoms with Gasteiger partial charge >= 0.3 is 0 Å². The second kappa shape index (κ2) is 5.32. The SMILES string of the molecule is NCc1cccc(N2CCCC(CO)C2)c1. The third kappa shape index (κ3) is 2.54. The average molecular weight is 220 g/mol. The number of piperidine rings is 1. The fraction of sp³-hybridized carbons (Fsp3) is 0.538. The van der Waals surface area contributed by atoms with Crippen LogP contribution in [0.4, 0.5) is 5.69 Å². The Bertz CT molecular complexity index is 340. The number of benzene rings is 1. The van der Waals surface area contributed by atoms with Crippen molar-refractivity contribution in [2.75, 3.05) is 24.6 Å². The Morgan fingerprint density at radius 2 is 2.31 bits per heavy atom. The molecular formula is C13H20N2O. The summed E-state index contributed by atoms with van der Waals surface area (Å²) in [5.41, 5.74) is 8.05. The predicted molar refractivity (Wildman–Crippen MR) is 66.4 cm³/mol. The highest BCUT2D eigenvalue weighted by molar-refractivity contribution is 5.49. The number of anilines is 1. The summed E-state index contributed by atoms with van der Waals surface area (Å²) < 4.78 is 0. The molecule has 3 heteroatoms. The fourth-order valence-electron chi connectivity index (χ4n) is 2.33. The standard InChI is InChI=1S/C13H20N2O/c14-8-11-3-1-5-13(7-11)15-6-2-4-12(9-15)10-16/h1,3,5,7,12,16H,2,4,6,8-10,14H2. The van der Waals surface area contributed by atoms with Crippen LogP contribution in [0.2, 0.25) is 0 Å². The summed E-state index contributed by atoms with van der Waals surface area (Å²) in [6.45, 7) is 2.94. The molecule has 1 atom stereocenters. The summed E-state index contributed by atoms with van der Waals surface area (Å²) >= 11 is 0. The minimum absolute atomic E-state index is 0.299. The molecule has 3 nitrogen and oxygen atoms in total. The molecule has 3 N–H and O–H groups in total. The van der Waals surface area contributed by atoms with Crippen LogP contribution in [0, 0.1) is 5.92 Å². The van der Waals surface area contributed by atoms with Gasteiger partial charge in [0.15, 0.2) is 0 Å². The van der Waals surface area contributed by atoms with Crippen molar-refractivity contribution in [1.29, 1.82) is 0 Å². The first-order valence-electron chi connectivity index (χ1n) is 5.98. The summed E-state index contributed by atoms with van der Waals surface area (Å²) in [4.78, 5) is 2.35. The van der Waals surface area contributed by atoms with E-state index in [4.69, 9.17) is 5.73 Å². The zero-order valence-corrected chi connectivity index (χ0v) is 9.60. The summed E-state index contributed by atoms with van der Waals surface area (Å²) in [5.74, 6) is 0.426. The van der Waals surface area contributed by atoms with E-state index in [0.717, 1.165) is 25.9 Å². The van der Waals surface area contributed by atoms with Crippen LogP contribution in [0.25, 0.3) is 0 Å². The molecule has 1 fully saturated rings. The van der Waals surface area contributed by atoms with Gasteiger partial charge in [0.25, 0.3) is 0 Å². The highest BCUT2D eigenvalue weighted by Crippen LogP contribution is 2.23. The highest BCUT2D eigenvalue weighted by Gasteiger charge is 2.19. The topological polar surface area (TPSA) is 49.5 Å². The van der Waals surface area contributed by atoms with E-state index in [1.807, 2.05) is 0 Å². The molecule has 0 aromatic heterocycles. The van der Waals surface area contributed by atoms with Crippen molar-refractivity contribution in [3.8, 4) is 0 Å². The van der Waals surface area contributed by atoms with E-state index in [0.29, 0.717) is 19.1 Å². The Labute approximate surface area is 96.9 Å². The van der Waals surface area contributed by atoms with Crippen molar-refractivity contribution in [1.82, 2.24) is 0 Å². The molecule has 1 aromatic rings. The van der Waals surface area contributed by atoms with Crippen LogP contribution in [0.3, 0.4) is 0 Å². The minimum atomic E-state index is 0.299. The van der Waals surface area contributed by atoms with E-state index in [9.17, 15) is 5.11 Å². The van der Waals surface area contributed by atoms with E-state index >= 15 is 0 Å². The van der Waals surface area contributed by atoms with E-state index in [1.165, 1.54) is 11.3 Å². The Morgan fingerprint density at radius 3 is 3.06 bits per heavy atom. The van der Waals surface area contributed by atoms with Gasteiger partial charge < -0.3 is 15.7 Å². The van der Waals surface area contributed by atoms with Gasteiger partial charge in [-0.2, -0.15) is 0 Å². The summed E-state index contributed by atoms with van der Waals surface area (Å²) in [6, 6.07) is 8.38. The first-order valence-corrected chi connectivity index (χ1v) is 5.98. The molecule has 0 bridgehead atoms. The van der Waals surface area contributed by atoms with Gasteiger partial charge in [-0.05, 0) is 36.5 Å². The first-order chi connectivity index (χ1) is 7.83. The Kier molecular flexibility index (Phi) is 3.80. The largest absolute Gasteiger partial charge is 0.396 e. The van der Waals surface area contributed by atoms with E-state index in [2.05, 4.69) is 29.2 Å². The smallest absolute Gasteiger partial charge is 0.0476 e.